The van der Waals surface area contributed by atoms with Crippen molar-refractivity contribution in [2.45, 2.75) is 70.3 Å². The van der Waals surface area contributed by atoms with Crippen LogP contribution in [0.25, 0.3) is 0 Å². The topological polar surface area (TPSA) is 111 Å². The second-order valence-electron chi connectivity index (χ2n) is 10.5. The first-order valence-electron chi connectivity index (χ1n) is 12.4. The molecule has 8 nitrogen and oxygen atoms in total. The molecule has 2 aromatic rings. The molecule has 38 heavy (non-hydrogen) atoms. The molecule has 0 atom stereocenters. The third-order valence-corrected chi connectivity index (χ3v) is 7.21. The summed E-state index contributed by atoms with van der Waals surface area (Å²) in [6.45, 7) is 13.4. The van der Waals surface area contributed by atoms with Gasteiger partial charge < -0.3 is 20.1 Å². The van der Waals surface area contributed by atoms with E-state index in [1.807, 2.05) is 45.9 Å². The van der Waals surface area contributed by atoms with Gasteiger partial charge in [-0.05, 0) is 66.2 Å². The maximum Gasteiger partial charge on any atom is 0.407 e. The number of hydrogen-bond donors (Lipinski definition) is 2. The Hall–Kier alpha value is -2.72. The lowest BCUT2D eigenvalue weighted by Gasteiger charge is -2.19. The number of nitrogens with one attached hydrogen (secondary N) is 2. The normalized spacial score (nSPS) is 11.6. The van der Waals surface area contributed by atoms with E-state index in [4.69, 9.17) is 9.47 Å². The highest BCUT2D eigenvalue weighted by Crippen LogP contribution is 2.13. The fourth-order valence-corrected chi connectivity index (χ4v) is 4.74. The lowest BCUT2D eigenvalue weighted by Crippen LogP contribution is -2.35. The van der Waals surface area contributed by atoms with Gasteiger partial charge in [-0.1, -0.05) is 48.0 Å². The Morgan fingerprint density at radius 2 is 1.29 bits per heavy atom. The van der Waals surface area contributed by atoms with Crippen LogP contribution in [0.3, 0.4) is 0 Å². The van der Waals surface area contributed by atoms with Gasteiger partial charge in [-0.15, -0.1) is 0 Å². The Labute approximate surface area is 232 Å². The van der Waals surface area contributed by atoms with Crippen molar-refractivity contribution in [1.29, 1.82) is 0 Å². The maximum atomic E-state index is 12.0. The van der Waals surface area contributed by atoms with Gasteiger partial charge in [-0.2, -0.15) is 11.8 Å². The van der Waals surface area contributed by atoms with Crippen molar-refractivity contribution < 1.29 is 27.5 Å². The molecule has 0 radical (unpaired) electrons. The summed E-state index contributed by atoms with van der Waals surface area (Å²) in [5.74, 6) is 1.69. The van der Waals surface area contributed by atoms with Gasteiger partial charge in [0.2, 0.25) is 0 Å². The smallest absolute Gasteiger partial charge is 0.407 e. The van der Waals surface area contributed by atoms with Crippen LogP contribution >= 0.6 is 11.8 Å². The summed E-state index contributed by atoms with van der Waals surface area (Å²) in [5, 5.41) is 5.18. The highest BCUT2D eigenvalue weighted by Gasteiger charge is 2.18. The van der Waals surface area contributed by atoms with E-state index in [1.54, 1.807) is 56.8 Å². The summed E-state index contributed by atoms with van der Waals surface area (Å²) in [5.41, 5.74) is 1.27. The third-order valence-electron chi connectivity index (χ3n) is 4.45. The Morgan fingerprint density at radius 3 is 1.79 bits per heavy atom. The van der Waals surface area contributed by atoms with Crippen molar-refractivity contribution in [3.05, 3.63) is 65.7 Å². The van der Waals surface area contributed by atoms with E-state index in [2.05, 4.69) is 22.8 Å². The molecular formula is C28H42N2O6S2. The van der Waals surface area contributed by atoms with E-state index in [0.29, 0.717) is 6.54 Å². The predicted octanol–water partition coefficient (Wildman–Crippen LogP) is 5.74. The van der Waals surface area contributed by atoms with Crippen molar-refractivity contribution in [1.82, 2.24) is 10.6 Å². The van der Waals surface area contributed by atoms with Gasteiger partial charge in [0.25, 0.3) is 0 Å². The summed E-state index contributed by atoms with van der Waals surface area (Å²) >= 11 is 1.80. The van der Waals surface area contributed by atoms with E-state index in [0.717, 1.165) is 17.1 Å². The van der Waals surface area contributed by atoms with E-state index in [9.17, 15) is 18.0 Å². The van der Waals surface area contributed by atoms with Gasteiger partial charge in [0.15, 0.2) is 9.84 Å². The second-order valence-corrected chi connectivity index (χ2v) is 13.7. The summed E-state index contributed by atoms with van der Waals surface area (Å²) in [4.78, 5) is 23.0. The lowest BCUT2D eigenvalue weighted by atomic mass is 10.2. The van der Waals surface area contributed by atoms with Crippen LogP contribution in [0, 0.1) is 6.92 Å². The number of carbonyl (C=O) groups excluding carboxylic acids is 2. The largest absolute Gasteiger partial charge is 0.444 e. The molecule has 0 aliphatic heterocycles. The van der Waals surface area contributed by atoms with E-state index >= 15 is 0 Å². The molecule has 2 amide bonds. The first-order valence-corrected chi connectivity index (χ1v) is 15.2. The molecule has 0 fully saturated rings. The Bertz CT molecular complexity index is 1090. The highest BCUT2D eigenvalue weighted by atomic mass is 32.2. The minimum absolute atomic E-state index is 0.0190. The molecule has 0 heterocycles. The molecule has 0 aromatic heterocycles. The number of rotatable bonds is 9. The molecule has 0 unspecified atom stereocenters. The minimum atomic E-state index is -3.39. The van der Waals surface area contributed by atoms with Crippen LogP contribution in [0.2, 0.25) is 0 Å². The standard InChI is InChI=1S/C14H21NO4S.C14H21NO2S/c1-11-5-7-12(8-6-11)20(17,18)10-9-15-13(16)19-14(2,3)4;1-14(2,3)17-13(16)15-9-10-18-11-12-7-5-4-6-8-12/h5-8H,9-10H2,1-4H3,(H,15,16);4-8H,9-11H2,1-3H3,(H,15,16). The van der Waals surface area contributed by atoms with Crippen molar-refractivity contribution >= 4 is 33.8 Å². The summed E-state index contributed by atoms with van der Waals surface area (Å²) < 4.78 is 34.2. The number of hydrogen-bond acceptors (Lipinski definition) is 7. The van der Waals surface area contributed by atoms with E-state index in [-0.39, 0.29) is 23.3 Å². The predicted molar refractivity (Wildman–Crippen MR) is 154 cm³/mol. The molecule has 0 aliphatic carbocycles. The minimum Gasteiger partial charge on any atom is -0.444 e. The molecule has 0 spiro atoms. The van der Waals surface area contributed by atoms with Crippen LogP contribution in [0.1, 0.15) is 52.7 Å². The summed E-state index contributed by atoms with van der Waals surface area (Å²) in [6, 6.07) is 16.9. The van der Waals surface area contributed by atoms with Gasteiger partial charge in [-0.3, -0.25) is 0 Å². The van der Waals surface area contributed by atoms with Gasteiger partial charge in [-0.25, -0.2) is 18.0 Å². The number of carbonyl (C=O) groups is 2. The van der Waals surface area contributed by atoms with Crippen molar-refractivity contribution in [2.75, 3.05) is 24.6 Å². The maximum absolute atomic E-state index is 12.0. The number of thioether (sulfide) groups is 1. The molecule has 2 N–H and O–H groups in total. The number of aryl methyl sites for hydroxylation is 1. The first kappa shape index (κ1) is 33.3. The lowest BCUT2D eigenvalue weighted by molar-refractivity contribution is 0.0519. The van der Waals surface area contributed by atoms with E-state index < -0.39 is 27.1 Å². The first-order chi connectivity index (χ1) is 17.6. The highest BCUT2D eigenvalue weighted by molar-refractivity contribution is 7.98. The number of ether oxygens (including phenoxy) is 2. The SMILES string of the molecule is CC(C)(C)OC(=O)NCCSCc1ccccc1.Cc1ccc(S(=O)(=O)CCNC(=O)OC(C)(C)C)cc1. The Kier molecular flexibility index (Phi) is 13.7. The molecule has 10 heteroatoms. The van der Waals surface area contributed by atoms with Crippen LogP contribution in [0.15, 0.2) is 59.5 Å². The molecular weight excluding hydrogens is 524 g/mol. The summed E-state index contributed by atoms with van der Waals surface area (Å²) in [6.07, 6.45) is -0.959. The molecule has 0 saturated carbocycles. The summed E-state index contributed by atoms with van der Waals surface area (Å²) in [7, 11) is -3.39. The zero-order valence-electron chi connectivity index (χ0n) is 23.5. The molecule has 0 saturated heterocycles. The van der Waals surface area contributed by atoms with Crippen LogP contribution in [-0.4, -0.2) is 56.4 Å². The fourth-order valence-electron chi connectivity index (χ4n) is 2.77. The van der Waals surface area contributed by atoms with Crippen LogP contribution in [0.5, 0.6) is 0 Å². The zero-order valence-corrected chi connectivity index (χ0v) is 25.1. The average molecular weight is 567 g/mol. The average Bonchev–Trinajstić information content (AvgIpc) is 2.78. The van der Waals surface area contributed by atoms with Gasteiger partial charge in [0.1, 0.15) is 11.2 Å². The molecule has 2 rings (SSSR count). The number of alkyl carbamates (subject to hydrolysis) is 2. The molecule has 212 valence electrons. The van der Waals surface area contributed by atoms with E-state index in [1.165, 1.54) is 5.56 Å². The van der Waals surface area contributed by atoms with Crippen molar-refractivity contribution in [3.8, 4) is 0 Å². The quantitative estimate of drug-likeness (QED) is 0.373. The fraction of sp³-hybridized carbons (Fsp3) is 0.500. The van der Waals surface area contributed by atoms with Crippen LogP contribution in [-0.2, 0) is 25.1 Å². The Morgan fingerprint density at radius 1 is 0.789 bits per heavy atom. The zero-order chi connectivity index (χ0) is 28.8. The van der Waals surface area contributed by atoms with Crippen LogP contribution in [0.4, 0.5) is 9.59 Å². The molecule has 0 aliphatic rings. The third kappa shape index (κ3) is 16.2. The van der Waals surface area contributed by atoms with Crippen molar-refractivity contribution in [3.63, 3.8) is 0 Å². The molecule has 0 bridgehead atoms. The Balaban J connectivity index is 0.000000382. The molecule has 2 aromatic carbocycles. The number of sulfone groups is 1. The monoisotopic (exact) mass is 566 g/mol. The van der Waals surface area contributed by atoms with Gasteiger partial charge in [0.05, 0.1) is 10.6 Å². The van der Waals surface area contributed by atoms with Gasteiger partial charge in [0, 0.05) is 24.6 Å². The number of benzene rings is 2. The number of amides is 2. The second kappa shape index (κ2) is 15.6. The van der Waals surface area contributed by atoms with Gasteiger partial charge >= 0.3 is 12.2 Å². The van der Waals surface area contributed by atoms with Crippen molar-refractivity contribution in [2.24, 2.45) is 0 Å². The van der Waals surface area contributed by atoms with Crippen LogP contribution < -0.4 is 10.6 Å².